The van der Waals surface area contributed by atoms with Crippen LogP contribution in [0.2, 0.25) is 0 Å². The summed E-state index contributed by atoms with van der Waals surface area (Å²) < 4.78 is 1.98. The molecule has 3 rings (SSSR count). The number of para-hydroxylation sites is 2. The normalized spacial score (nSPS) is 10.8. The summed E-state index contributed by atoms with van der Waals surface area (Å²) in [6, 6.07) is 13.3. The summed E-state index contributed by atoms with van der Waals surface area (Å²) in [6.07, 6.45) is 0. The number of hydrogen-bond donors (Lipinski definition) is 0. The fraction of sp³-hybridized carbons (Fsp3) is 0.125. The van der Waals surface area contributed by atoms with Gasteiger partial charge in [0.1, 0.15) is 0 Å². The van der Waals surface area contributed by atoms with Crippen LogP contribution in [0.15, 0.2) is 53.7 Å². The number of rotatable bonds is 4. The smallest absolute Gasteiger partial charge is 0.269 e. The maximum absolute atomic E-state index is 12.4. The zero-order chi connectivity index (χ0) is 16.4. The number of nitro groups is 1. The summed E-state index contributed by atoms with van der Waals surface area (Å²) in [6.45, 7) is 2.70. The molecule has 0 aliphatic carbocycles. The van der Waals surface area contributed by atoms with Crippen LogP contribution >= 0.6 is 11.8 Å². The third kappa shape index (κ3) is 2.95. The van der Waals surface area contributed by atoms with Gasteiger partial charge in [0.05, 0.1) is 16.0 Å². The number of imidazole rings is 1. The van der Waals surface area contributed by atoms with Gasteiger partial charge in [-0.05, 0) is 43.0 Å². The first-order valence-corrected chi connectivity index (χ1v) is 7.83. The number of aryl methyl sites for hydroxylation is 1. The number of nitrogens with zero attached hydrogens (tertiary/aromatic N) is 3. The summed E-state index contributed by atoms with van der Waals surface area (Å²) in [5, 5.41) is 11.1. The fourth-order valence-electron chi connectivity index (χ4n) is 2.30. The lowest BCUT2D eigenvalue weighted by molar-refractivity contribution is -0.384. The molecule has 0 unspecified atom stereocenters. The Hall–Kier alpha value is -2.67. The van der Waals surface area contributed by atoms with Gasteiger partial charge in [0, 0.05) is 24.2 Å². The minimum atomic E-state index is -0.488. The molecule has 0 aliphatic rings. The lowest BCUT2D eigenvalue weighted by atomic mass is 10.2. The van der Waals surface area contributed by atoms with Crippen LogP contribution in [0.3, 0.4) is 0 Å². The van der Waals surface area contributed by atoms with Gasteiger partial charge >= 0.3 is 0 Å². The lowest BCUT2D eigenvalue weighted by Crippen LogP contribution is -2.00. The Morgan fingerprint density at radius 3 is 2.57 bits per heavy atom. The van der Waals surface area contributed by atoms with Crippen LogP contribution < -0.4 is 0 Å². The Morgan fingerprint density at radius 1 is 1.22 bits per heavy atom. The van der Waals surface area contributed by atoms with Crippen molar-refractivity contribution < 1.29 is 9.72 Å². The van der Waals surface area contributed by atoms with Crippen LogP contribution in [0.25, 0.3) is 11.0 Å². The molecule has 6 nitrogen and oxygen atoms in total. The molecule has 0 radical (unpaired) electrons. The Bertz CT molecular complexity index is 887. The van der Waals surface area contributed by atoms with Crippen LogP contribution in [-0.4, -0.2) is 19.6 Å². The molecule has 0 N–H and O–H groups in total. The molecule has 0 fully saturated rings. The van der Waals surface area contributed by atoms with Crippen molar-refractivity contribution in [3.05, 3.63) is 64.2 Å². The zero-order valence-electron chi connectivity index (χ0n) is 12.3. The molecule has 23 heavy (non-hydrogen) atoms. The van der Waals surface area contributed by atoms with E-state index < -0.39 is 4.92 Å². The summed E-state index contributed by atoms with van der Waals surface area (Å²) >= 11 is 1.03. The van der Waals surface area contributed by atoms with Crippen molar-refractivity contribution in [1.29, 1.82) is 0 Å². The Kier molecular flexibility index (Phi) is 4.12. The highest BCUT2D eigenvalue weighted by molar-refractivity contribution is 8.14. The van der Waals surface area contributed by atoms with Crippen molar-refractivity contribution in [3.8, 4) is 0 Å². The van der Waals surface area contributed by atoms with E-state index in [1.54, 1.807) is 0 Å². The third-order valence-corrected chi connectivity index (χ3v) is 4.35. The third-order valence-electron chi connectivity index (χ3n) is 3.43. The second kappa shape index (κ2) is 6.21. The van der Waals surface area contributed by atoms with E-state index in [9.17, 15) is 14.9 Å². The SMILES string of the molecule is CCn1c(SC(=O)c2ccc([N+](=O)[O-])cc2)nc2ccccc21. The van der Waals surface area contributed by atoms with Gasteiger partial charge in [0.2, 0.25) is 5.12 Å². The number of non-ortho nitro benzene ring substituents is 1. The fourth-order valence-corrected chi connectivity index (χ4v) is 3.20. The van der Waals surface area contributed by atoms with Gasteiger partial charge in [-0.25, -0.2) is 4.98 Å². The molecule has 0 atom stereocenters. The Morgan fingerprint density at radius 2 is 1.91 bits per heavy atom. The highest BCUT2D eigenvalue weighted by Crippen LogP contribution is 2.27. The van der Waals surface area contributed by atoms with E-state index in [1.807, 2.05) is 35.8 Å². The summed E-state index contributed by atoms with van der Waals surface area (Å²) in [5.41, 5.74) is 2.20. The number of nitro benzene ring substituents is 1. The van der Waals surface area contributed by atoms with E-state index in [0.29, 0.717) is 17.3 Å². The first kappa shape index (κ1) is 15.2. The predicted octanol–water partition coefficient (Wildman–Crippen LogP) is 3.90. The maximum Gasteiger partial charge on any atom is 0.269 e. The van der Waals surface area contributed by atoms with E-state index >= 15 is 0 Å². The number of benzene rings is 2. The van der Waals surface area contributed by atoms with Gasteiger partial charge < -0.3 is 4.57 Å². The first-order valence-electron chi connectivity index (χ1n) is 7.02. The van der Waals surface area contributed by atoms with Gasteiger partial charge in [-0.3, -0.25) is 14.9 Å². The average Bonchev–Trinajstić information content (AvgIpc) is 2.91. The standard InChI is InChI=1S/C16H13N3O3S/c1-2-18-14-6-4-3-5-13(14)17-16(18)23-15(20)11-7-9-12(10-8-11)19(21)22/h3-10H,2H2,1H3. The van der Waals surface area contributed by atoms with E-state index in [4.69, 9.17) is 0 Å². The van der Waals surface area contributed by atoms with Crippen molar-refractivity contribution in [2.45, 2.75) is 18.6 Å². The van der Waals surface area contributed by atoms with Crippen molar-refractivity contribution in [2.75, 3.05) is 0 Å². The van der Waals surface area contributed by atoms with Crippen molar-refractivity contribution in [2.24, 2.45) is 0 Å². The zero-order valence-corrected chi connectivity index (χ0v) is 13.1. The number of carbonyl (C=O) groups is 1. The molecule has 2 aromatic carbocycles. The van der Waals surface area contributed by atoms with Gasteiger partial charge in [-0.1, -0.05) is 12.1 Å². The van der Waals surface area contributed by atoms with Crippen LogP contribution in [0.4, 0.5) is 5.69 Å². The van der Waals surface area contributed by atoms with E-state index in [2.05, 4.69) is 4.98 Å². The minimum absolute atomic E-state index is 0.0349. The van der Waals surface area contributed by atoms with Crippen LogP contribution in [0, 0.1) is 10.1 Å². The molecule has 0 aliphatic heterocycles. The molecule has 1 heterocycles. The summed E-state index contributed by atoms with van der Waals surface area (Å²) in [4.78, 5) is 27.0. The van der Waals surface area contributed by atoms with Gasteiger partial charge in [-0.15, -0.1) is 0 Å². The molecule has 0 spiro atoms. The topological polar surface area (TPSA) is 78.0 Å². The summed E-state index contributed by atoms with van der Waals surface area (Å²) in [5.74, 6) is 0. The second-order valence-electron chi connectivity index (χ2n) is 4.82. The largest absolute Gasteiger partial charge is 0.319 e. The molecule has 116 valence electrons. The number of fused-ring (bicyclic) bond motifs is 1. The summed E-state index contributed by atoms with van der Waals surface area (Å²) in [7, 11) is 0. The van der Waals surface area contributed by atoms with Gasteiger partial charge in [-0.2, -0.15) is 0 Å². The van der Waals surface area contributed by atoms with Crippen molar-refractivity contribution in [1.82, 2.24) is 9.55 Å². The highest BCUT2D eigenvalue weighted by Gasteiger charge is 2.16. The molecule has 1 aromatic heterocycles. The number of thioether (sulfide) groups is 1. The van der Waals surface area contributed by atoms with Crippen molar-refractivity contribution in [3.63, 3.8) is 0 Å². The number of carbonyl (C=O) groups excluding carboxylic acids is 1. The molecule has 3 aromatic rings. The highest BCUT2D eigenvalue weighted by atomic mass is 32.2. The van der Waals surface area contributed by atoms with Gasteiger partial charge in [0.15, 0.2) is 5.16 Å². The van der Waals surface area contributed by atoms with Gasteiger partial charge in [0.25, 0.3) is 5.69 Å². The monoisotopic (exact) mass is 327 g/mol. The second-order valence-corrected chi connectivity index (χ2v) is 5.76. The molecule has 0 bridgehead atoms. The maximum atomic E-state index is 12.4. The predicted molar refractivity (Wildman–Crippen MR) is 88.7 cm³/mol. The van der Waals surface area contributed by atoms with Crippen molar-refractivity contribution >= 4 is 33.6 Å². The Labute approximate surface area is 136 Å². The molecule has 0 saturated heterocycles. The average molecular weight is 327 g/mol. The molecular formula is C16H13N3O3S. The number of hydrogen-bond acceptors (Lipinski definition) is 5. The molecule has 0 saturated carbocycles. The van der Waals surface area contributed by atoms with E-state index in [0.717, 1.165) is 22.8 Å². The van der Waals surface area contributed by atoms with E-state index in [-0.39, 0.29) is 10.8 Å². The van der Waals surface area contributed by atoms with Crippen LogP contribution in [-0.2, 0) is 6.54 Å². The quantitative estimate of drug-likeness (QED) is 0.412. The number of aromatic nitrogens is 2. The first-order chi connectivity index (χ1) is 11.1. The molecule has 7 heteroatoms. The van der Waals surface area contributed by atoms with E-state index in [1.165, 1.54) is 24.3 Å². The van der Waals surface area contributed by atoms with Crippen LogP contribution in [0.1, 0.15) is 17.3 Å². The minimum Gasteiger partial charge on any atom is -0.319 e. The Balaban J connectivity index is 1.89. The lowest BCUT2D eigenvalue weighted by Gasteiger charge is -2.04. The van der Waals surface area contributed by atoms with Crippen LogP contribution in [0.5, 0.6) is 0 Å². The molecule has 0 amide bonds. The molecular weight excluding hydrogens is 314 g/mol.